The minimum atomic E-state index is 0.238. The van der Waals surface area contributed by atoms with E-state index in [1.807, 2.05) is 7.11 Å². The average Bonchev–Trinajstić information content (AvgIpc) is 2.71. The first kappa shape index (κ1) is 12.7. The van der Waals surface area contributed by atoms with Crippen LogP contribution in [0.25, 0.3) is 0 Å². The smallest absolute Gasteiger partial charge is 0.0698 e. The van der Waals surface area contributed by atoms with Crippen molar-refractivity contribution in [1.29, 1.82) is 0 Å². The van der Waals surface area contributed by atoms with Gasteiger partial charge in [0.2, 0.25) is 0 Å². The molecule has 3 nitrogen and oxygen atoms in total. The summed E-state index contributed by atoms with van der Waals surface area (Å²) in [5, 5.41) is 0.660. The van der Waals surface area contributed by atoms with Gasteiger partial charge in [0.15, 0.2) is 0 Å². The molecule has 0 aromatic carbocycles. The Morgan fingerprint density at radius 2 is 2.38 bits per heavy atom. The number of likely N-dealkylation sites (tertiary alicyclic amines) is 1. The Balaban J connectivity index is 2.08. The Kier molecular flexibility index (Phi) is 4.16. The van der Waals surface area contributed by atoms with Crippen LogP contribution in [0.15, 0.2) is 0 Å². The maximum atomic E-state index is 6.08. The molecule has 0 aromatic rings. The van der Waals surface area contributed by atoms with Gasteiger partial charge in [0, 0.05) is 31.0 Å². The van der Waals surface area contributed by atoms with Gasteiger partial charge >= 0.3 is 0 Å². The third-order valence-electron chi connectivity index (χ3n) is 4.35. The van der Waals surface area contributed by atoms with Gasteiger partial charge in [-0.15, -0.1) is 0 Å². The molecule has 2 aliphatic rings. The van der Waals surface area contributed by atoms with Gasteiger partial charge in [-0.1, -0.05) is 6.92 Å². The number of methoxy groups -OCH3 is 1. The van der Waals surface area contributed by atoms with E-state index in [1.165, 1.54) is 31.6 Å². The number of rotatable bonds is 3. The Morgan fingerprint density at radius 1 is 1.56 bits per heavy atom. The predicted molar refractivity (Wildman–Crippen MR) is 69.9 cm³/mol. The van der Waals surface area contributed by atoms with Crippen LogP contribution in [0, 0.1) is 0 Å². The summed E-state index contributed by atoms with van der Waals surface area (Å²) in [6, 6.07) is 0. The highest BCUT2D eigenvalue weighted by molar-refractivity contribution is 8.00. The van der Waals surface area contributed by atoms with Crippen molar-refractivity contribution in [2.45, 2.75) is 43.1 Å². The number of nitrogens with zero attached hydrogens (tertiary/aromatic N) is 1. The molecule has 94 valence electrons. The topological polar surface area (TPSA) is 38.5 Å². The number of hydrogen-bond donors (Lipinski definition) is 1. The molecule has 4 heteroatoms. The van der Waals surface area contributed by atoms with Gasteiger partial charge in [-0.05, 0) is 31.6 Å². The van der Waals surface area contributed by atoms with E-state index in [1.54, 1.807) is 0 Å². The van der Waals surface area contributed by atoms with Crippen LogP contribution < -0.4 is 5.73 Å². The Hall–Kier alpha value is 0.230. The maximum absolute atomic E-state index is 6.08. The Labute approximate surface area is 103 Å². The van der Waals surface area contributed by atoms with Crippen LogP contribution in [0.3, 0.4) is 0 Å². The van der Waals surface area contributed by atoms with E-state index in [0.717, 1.165) is 13.1 Å². The lowest BCUT2D eigenvalue weighted by atomic mass is 9.88. The van der Waals surface area contributed by atoms with Crippen LogP contribution >= 0.6 is 11.8 Å². The Morgan fingerprint density at radius 3 is 2.94 bits per heavy atom. The summed E-state index contributed by atoms with van der Waals surface area (Å²) in [6.07, 6.45) is 4.11. The largest absolute Gasteiger partial charge is 0.380 e. The zero-order valence-corrected chi connectivity index (χ0v) is 11.3. The summed E-state index contributed by atoms with van der Waals surface area (Å²) in [5.74, 6) is 1.26. The number of hydrogen-bond acceptors (Lipinski definition) is 4. The number of piperidine rings is 1. The van der Waals surface area contributed by atoms with Gasteiger partial charge in [0.25, 0.3) is 0 Å². The second kappa shape index (κ2) is 5.25. The molecule has 16 heavy (non-hydrogen) atoms. The lowest BCUT2D eigenvalue weighted by Crippen LogP contribution is -2.60. The summed E-state index contributed by atoms with van der Waals surface area (Å²) in [6.45, 7) is 5.39. The van der Waals surface area contributed by atoms with E-state index in [0.29, 0.717) is 11.4 Å². The molecule has 2 heterocycles. The molecular formula is C12H24N2OS. The molecule has 0 spiro atoms. The molecule has 3 unspecified atom stereocenters. The molecule has 0 radical (unpaired) electrons. The summed E-state index contributed by atoms with van der Waals surface area (Å²) in [7, 11) is 1.83. The van der Waals surface area contributed by atoms with Crippen LogP contribution in [-0.4, -0.2) is 54.3 Å². The van der Waals surface area contributed by atoms with Crippen molar-refractivity contribution in [3.8, 4) is 0 Å². The van der Waals surface area contributed by atoms with Crippen molar-refractivity contribution in [2.24, 2.45) is 5.73 Å². The lowest BCUT2D eigenvalue weighted by Gasteiger charge is -2.47. The first-order valence-electron chi connectivity index (χ1n) is 6.32. The van der Waals surface area contributed by atoms with Crippen LogP contribution in [0.4, 0.5) is 0 Å². The molecule has 3 atom stereocenters. The van der Waals surface area contributed by atoms with Gasteiger partial charge in [-0.3, -0.25) is 4.90 Å². The highest BCUT2D eigenvalue weighted by atomic mass is 32.2. The van der Waals surface area contributed by atoms with Gasteiger partial charge < -0.3 is 10.5 Å². The zero-order valence-electron chi connectivity index (χ0n) is 10.4. The molecule has 0 amide bonds. The molecule has 0 saturated carbocycles. The fourth-order valence-corrected chi connectivity index (χ4v) is 4.62. The zero-order chi connectivity index (χ0) is 11.6. The molecule has 0 aromatic heterocycles. The van der Waals surface area contributed by atoms with Crippen LogP contribution in [-0.2, 0) is 4.74 Å². The molecule has 0 aliphatic carbocycles. The summed E-state index contributed by atoms with van der Waals surface area (Å²) >= 11 is 2.07. The van der Waals surface area contributed by atoms with Gasteiger partial charge in [-0.25, -0.2) is 0 Å². The Bertz CT molecular complexity index is 239. The van der Waals surface area contributed by atoms with Gasteiger partial charge in [0.05, 0.1) is 6.10 Å². The third-order valence-corrected chi connectivity index (χ3v) is 5.73. The normalized spacial score (nSPS) is 41.4. The van der Waals surface area contributed by atoms with E-state index < -0.39 is 0 Å². The highest BCUT2D eigenvalue weighted by Crippen LogP contribution is 2.40. The van der Waals surface area contributed by atoms with E-state index in [2.05, 4.69) is 23.6 Å². The molecular weight excluding hydrogens is 220 g/mol. The fraction of sp³-hybridized carbons (Fsp3) is 1.00. The van der Waals surface area contributed by atoms with E-state index in [4.69, 9.17) is 10.5 Å². The maximum Gasteiger partial charge on any atom is 0.0698 e. The second-order valence-corrected chi connectivity index (χ2v) is 6.47. The quantitative estimate of drug-likeness (QED) is 0.812. The molecule has 2 saturated heterocycles. The summed E-state index contributed by atoms with van der Waals surface area (Å²) in [5.41, 5.74) is 6.32. The minimum absolute atomic E-state index is 0.238. The van der Waals surface area contributed by atoms with Crippen molar-refractivity contribution < 1.29 is 4.74 Å². The first-order valence-corrected chi connectivity index (χ1v) is 7.37. The van der Waals surface area contributed by atoms with Crippen molar-refractivity contribution in [3.05, 3.63) is 0 Å². The SMILES string of the molecule is COC1CCCN(C2(CN)CCSC2C)C1. The number of thioether (sulfide) groups is 1. The molecule has 0 bridgehead atoms. The van der Waals surface area contributed by atoms with Crippen molar-refractivity contribution in [2.75, 3.05) is 32.5 Å². The number of ether oxygens (including phenoxy) is 1. The molecule has 2 fully saturated rings. The molecule has 2 N–H and O–H groups in total. The first-order chi connectivity index (χ1) is 7.73. The van der Waals surface area contributed by atoms with E-state index in [-0.39, 0.29) is 5.54 Å². The fourth-order valence-electron chi connectivity index (χ4n) is 3.12. The lowest BCUT2D eigenvalue weighted by molar-refractivity contribution is -0.0156. The number of nitrogens with two attached hydrogens (primary N) is 1. The van der Waals surface area contributed by atoms with Crippen molar-refractivity contribution in [1.82, 2.24) is 4.90 Å². The second-order valence-electron chi connectivity index (χ2n) is 5.02. The average molecular weight is 244 g/mol. The minimum Gasteiger partial charge on any atom is -0.380 e. The molecule has 2 rings (SSSR count). The van der Waals surface area contributed by atoms with Crippen LogP contribution in [0.5, 0.6) is 0 Å². The van der Waals surface area contributed by atoms with Gasteiger partial charge in [-0.2, -0.15) is 11.8 Å². The third kappa shape index (κ3) is 2.13. The van der Waals surface area contributed by atoms with Crippen LogP contribution in [0.1, 0.15) is 26.2 Å². The summed E-state index contributed by atoms with van der Waals surface area (Å²) < 4.78 is 5.52. The van der Waals surface area contributed by atoms with E-state index in [9.17, 15) is 0 Å². The monoisotopic (exact) mass is 244 g/mol. The van der Waals surface area contributed by atoms with Crippen molar-refractivity contribution in [3.63, 3.8) is 0 Å². The van der Waals surface area contributed by atoms with E-state index >= 15 is 0 Å². The molecule has 2 aliphatic heterocycles. The highest BCUT2D eigenvalue weighted by Gasteiger charge is 2.45. The standard InChI is InChI=1S/C12H24N2OS/c1-10-12(9-13,5-7-16-10)14-6-3-4-11(8-14)15-2/h10-11H,3-9,13H2,1-2H3. The van der Waals surface area contributed by atoms with Crippen molar-refractivity contribution >= 4 is 11.8 Å². The van der Waals surface area contributed by atoms with Crippen LogP contribution in [0.2, 0.25) is 0 Å². The summed E-state index contributed by atoms with van der Waals surface area (Å²) in [4.78, 5) is 2.61. The van der Waals surface area contributed by atoms with Gasteiger partial charge in [0.1, 0.15) is 0 Å². The predicted octanol–water partition coefficient (Wildman–Crippen LogP) is 1.32.